The van der Waals surface area contributed by atoms with Crippen molar-refractivity contribution in [3.8, 4) is 0 Å². The van der Waals surface area contributed by atoms with Crippen molar-refractivity contribution in [1.82, 2.24) is 4.90 Å². The first-order valence-electron chi connectivity index (χ1n) is 6.53. The summed E-state index contributed by atoms with van der Waals surface area (Å²) < 4.78 is 5.33. The number of nitrogens with zero attached hydrogens (tertiary/aromatic N) is 2. The average molecular weight is 281 g/mol. The second-order valence-corrected chi connectivity index (χ2v) is 4.73. The van der Waals surface area contributed by atoms with Crippen LogP contribution in [0.4, 0.5) is 11.4 Å². The molecular weight excluding hydrogens is 262 g/mol. The summed E-state index contributed by atoms with van der Waals surface area (Å²) in [6.45, 7) is 2.37. The third kappa shape index (κ3) is 3.24. The highest BCUT2D eigenvalue weighted by Crippen LogP contribution is 2.24. The Bertz CT molecular complexity index is 481. The van der Waals surface area contributed by atoms with Crippen molar-refractivity contribution in [2.45, 2.75) is 12.6 Å². The molecule has 110 valence electrons. The second-order valence-electron chi connectivity index (χ2n) is 4.73. The number of morpholine rings is 1. The van der Waals surface area contributed by atoms with Crippen LogP contribution in [0.2, 0.25) is 0 Å². The molecule has 7 nitrogen and oxygen atoms in total. The van der Waals surface area contributed by atoms with Crippen molar-refractivity contribution >= 4 is 11.4 Å². The van der Waals surface area contributed by atoms with Gasteiger partial charge in [-0.2, -0.15) is 0 Å². The fourth-order valence-electron chi connectivity index (χ4n) is 2.35. The number of benzene rings is 1. The van der Waals surface area contributed by atoms with Gasteiger partial charge < -0.3 is 15.2 Å². The maximum absolute atomic E-state index is 10.9. The number of rotatable bonds is 5. The number of nitro benzene ring substituents is 1. The minimum Gasteiger partial charge on any atom is -0.395 e. The molecule has 0 aromatic heterocycles. The lowest BCUT2D eigenvalue weighted by Crippen LogP contribution is -2.46. The van der Waals surface area contributed by atoms with E-state index in [0.29, 0.717) is 26.3 Å². The quantitative estimate of drug-likeness (QED) is 0.614. The van der Waals surface area contributed by atoms with Gasteiger partial charge in [0.15, 0.2) is 0 Å². The summed E-state index contributed by atoms with van der Waals surface area (Å²) in [5.74, 6) is 0. The van der Waals surface area contributed by atoms with Gasteiger partial charge in [-0.05, 0) is 11.6 Å². The minimum absolute atomic E-state index is 0.0177. The molecule has 1 saturated heterocycles. The Kier molecular flexibility index (Phi) is 4.89. The summed E-state index contributed by atoms with van der Waals surface area (Å²) in [6, 6.07) is 4.71. The van der Waals surface area contributed by atoms with Gasteiger partial charge in [0, 0.05) is 38.0 Å². The molecular formula is C13H19N3O4. The van der Waals surface area contributed by atoms with Crippen LogP contribution in [-0.2, 0) is 11.3 Å². The van der Waals surface area contributed by atoms with Crippen LogP contribution in [0.5, 0.6) is 0 Å². The topological polar surface area (TPSA) is 87.9 Å². The zero-order chi connectivity index (χ0) is 14.5. The Morgan fingerprint density at radius 1 is 1.60 bits per heavy atom. The lowest BCUT2D eigenvalue weighted by Gasteiger charge is -2.34. The lowest BCUT2D eigenvalue weighted by atomic mass is 10.1. The fourth-order valence-corrected chi connectivity index (χ4v) is 2.35. The second kappa shape index (κ2) is 6.65. The smallest absolute Gasteiger partial charge is 0.269 e. The largest absolute Gasteiger partial charge is 0.395 e. The predicted molar refractivity (Wildman–Crippen MR) is 74.7 cm³/mol. The van der Waals surface area contributed by atoms with E-state index in [1.54, 1.807) is 19.2 Å². The van der Waals surface area contributed by atoms with E-state index in [2.05, 4.69) is 10.2 Å². The maximum Gasteiger partial charge on any atom is 0.269 e. The molecule has 1 fully saturated rings. The highest BCUT2D eigenvalue weighted by Gasteiger charge is 2.23. The van der Waals surface area contributed by atoms with E-state index >= 15 is 0 Å². The molecule has 0 bridgehead atoms. The summed E-state index contributed by atoms with van der Waals surface area (Å²) in [4.78, 5) is 12.6. The van der Waals surface area contributed by atoms with Gasteiger partial charge in [0.2, 0.25) is 0 Å². The number of hydrogen-bond acceptors (Lipinski definition) is 6. The average Bonchev–Trinajstić information content (AvgIpc) is 2.47. The third-order valence-corrected chi connectivity index (χ3v) is 3.50. The highest BCUT2D eigenvalue weighted by molar-refractivity contribution is 5.55. The molecule has 1 aromatic carbocycles. The van der Waals surface area contributed by atoms with Crippen molar-refractivity contribution in [3.05, 3.63) is 33.9 Å². The molecule has 0 aliphatic carbocycles. The molecule has 1 aliphatic heterocycles. The number of aliphatic hydroxyl groups excluding tert-OH is 1. The summed E-state index contributed by atoms with van der Waals surface area (Å²) in [6.07, 6.45) is 0. The van der Waals surface area contributed by atoms with Gasteiger partial charge in [0.05, 0.1) is 30.8 Å². The molecule has 0 amide bonds. The van der Waals surface area contributed by atoms with E-state index in [4.69, 9.17) is 4.74 Å². The predicted octanol–water partition coefficient (Wildman–Crippen LogP) is 0.830. The molecule has 0 spiro atoms. The SMILES string of the molecule is CNc1ccc([N+](=O)[O-])cc1CN1CCOCC1CO. The number of non-ortho nitro benzene ring substituents is 1. The van der Waals surface area contributed by atoms with Crippen molar-refractivity contribution in [2.75, 3.05) is 38.7 Å². The Balaban J connectivity index is 2.21. The first-order valence-corrected chi connectivity index (χ1v) is 6.53. The monoisotopic (exact) mass is 281 g/mol. The van der Waals surface area contributed by atoms with Gasteiger partial charge in [-0.3, -0.25) is 15.0 Å². The van der Waals surface area contributed by atoms with Crippen LogP contribution < -0.4 is 5.32 Å². The van der Waals surface area contributed by atoms with E-state index in [9.17, 15) is 15.2 Å². The molecule has 1 unspecified atom stereocenters. The number of nitro groups is 1. The van der Waals surface area contributed by atoms with E-state index in [-0.39, 0.29) is 18.3 Å². The molecule has 1 aromatic rings. The van der Waals surface area contributed by atoms with Crippen LogP contribution in [-0.4, -0.2) is 54.4 Å². The van der Waals surface area contributed by atoms with Gasteiger partial charge in [-0.25, -0.2) is 0 Å². The van der Waals surface area contributed by atoms with Crippen molar-refractivity contribution in [2.24, 2.45) is 0 Å². The van der Waals surface area contributed by atoms with Crippen molar-refractivity contribution in [3.63, 3.8) is 0 Å². The molecule has 1 heterocycles. The van der Waals surface area contributed by atoms with Gasteiger partial charge in [-0.1, -0.05) is 0 Å². The number of ether oxygens (including phenoxy) is 1. The highest BCUT2D eigenvalue weighted by atomic mass is 16.6. The summed E-state index contributed by atoms with van der Waals surface area (Å²) >= 11 is 0. The molecule has 1 atom stereocenters. The Hall–Kier alpha value is -1.70. The van der Waals surface area contributed by atoms with Crippen molar-refractivity contribution in [1.29, 1.82) is 0 Å². The minimum atomic E-state index is -0.397. The van der Waals surface area contributed by atoms with Crippen LogP contribution in [0.3, 0.4) is 0 Å². The molecule has 20 heavy (non-hydrogen) atoms. The maximum atomic E-state index is 10.9. The Labute approximate surface area is 117 Å². The van der Waals surface area contributed by atoms with Crippen LogP contribution in [0.25, 0.3) is 0 Å². The van der Waals surface area contributed by atoms with Crippen molar-refractivity contribution < 1.29 is 14.8 Å². The number of aliphatic hydroxyl groups is 1. The van der Waals surface area contributed by atoms with E-state index in [1.807, 2.05) is 0 Å². The van der Waals surface area contributed by atoms with E-state index < -0.39 is 4.92 Å². The van der Waals surface area contributed by atoms with Gasteiger partial charge in [0.25, 0.3) is 5.69 Å². The van der Waals surface area contributed by atoms with Crippen LogP contribution in [0.15, 0.2) is 18.2 Å². The fraction of sp³-hybridized carbons (Fsp3) is 0.538. The first kappa shape index (κ1) is 14.7. The first-order chi connectivity index (χ1) is 9.65. The van der Waals surface area contributed by atoms with E-state index in [1.165, 1.54) is 6.07 Å². The number of hydrogen-bond donors (Lipinski definition) is 2. The molecule has 2 N–H and O–H groups in total. The molecule has 7 heteroatoms. The molecule has 0 radical (unpaired) electrons. The third-order valence-electron chi connectivity index (χ3n) is 3.50. The zero-order valence-corrected chi connectivity index (χ0v) is 11.4. The van der Waals surface area contributed by atoms with Crippen LogP contribution in [0.1, 0.15) is 5.56 Å². The van der Waals surface area contributed by atoms with E-state index in [0.717, 1.165) is 11.3 Å². The standard InChI is InChI=1S/C13H19N3O4/c1-14-13-3-2-11(16(18)19)6-10(13)7-15-4-5-20-9-12(15)8-17/h2-3,6,12,14,17H,4-5,7-9H2,1H3. The summed E-state index contributed by atoms with van der Waals surface area (Å²) in [5.41, 5.74) is 1.79. The zero-order valence-electron chi connectivity index (χ0n) is 11.4. The van der Waals surface area contributed by atoms with Crippen LogP contribution >= 0.6 is 0 Å². The van der Waals surface area contributed by atoms with Gasteiger partial charge in [0.1, 0.15) is 0 Å². The molecule has 1 aliphatic rings. The number of nitrogens with one attached hydrogen (secondary N) is 1. The van der Waals surface area contributed by atoms with Gasteiger partial charge in [-0.15, -0.1) is 0 Å². The molecule has 0 saturated carbocycles. The summed E-state index contributed by atoms with van der Waals surface area (Å²) in [5, 5.41) is 23.3. The summed E-state index contributed by atoms with van der Waals surface area (Å²) in [7, 11) is 1.79. The Morgan fingerprint density at radius 3 is 3.05 bits per heavy atom. The molecule has 2 rings (SSSR count). The lowest BCUT2D eigenvalue weighted by molar-refractivity contribution is -0.384. The Morgan fingerprint density at radius 2 is 2.40 bits per heavy atom. The number of anilines is 1. The normalized spacial score (nSPS) is 19.8. The van der Waals surface area contributed by atoms with Gasteiger partial charge >= 0.3 is 0 Å². The van der Waals surface area contributed by atoms with Crippen LogP contribution in [0, 0.1) is 10.1 Å².